The number of hydrogen-bond acceptors (Lipinski definition) is 3. The average molecular weight is 439 g/mol. The molecule has 1 aromatic heterocycles. The Labute approximate surface area is 183 Å². The second-order valence-electron chi connectivity index (χ2n) is 8.49. The Morgan fingerprint density at radius 1 is 1.33 bits per heavy atom. The lowest BCUT2D eigenvalue weighted by atomic mass is 9.80. The van der Waals surface area contributed by atoms with Gasteiger partial charge in [0, 0.05) is 47.8 Å². The molecule has 0 amide bonds. The van der Waals surface area contributed by atoms with E-state index in [1.807, 2.05) is 20.2 Å². The smallest absolute Gasteiger partial charge is 0.273 e. The van der Waals surface area contributed by atoms with E-state index >= 15 is 0 Å². The average Bonchev–Trinajstić information content (AvgIpc) is 3.13. The van der Waals surface area contributed by atoms with Crippen LogP contribution in [0.2, 0.25) is 5.02 Å². The maximum Gasteiger partial charge on any atom is 0.273 e. The molecule has 0 aliphatic heterocycles. The van der Waals surface area contributed by atoms with Crippen LogP contribution in [-0.4, -0.2) is 42.3 Å². The fourth-order valence-electron chi connectivity index (χ4n) is 4.04. The third-order valence-electron chi connectivity index (χ3n) is 6.25. The minimum atomic E-state index is -2.90. The molecule has 7 heteroatoms. The first-order valence-corrected chi connectivity index (χ1v) is 11.3. The summed E-state index contributed by atoms with van der Waals surface area (Å²) in [5, 5.41) is 10.7. The molecule has 0 radical (unpaired) electrons. The molecule has 4 nitrogen and oxygen atoms in total. The van der Waals surface area contributed by atoms with Crippen molar-refractivity contribution in [1.82, 2.24) is 20.4 Å². The first-order valence-electron chi connectivity index (χ1n) is 10.9. The zero-order valence-electron chi connectivity index (χ0n) is 18.2. The fourth-order valence-corrected chi connectivity index (χ4v) is 4.35. The predicted octanol–water partition coefficient (Wildman–Crippen LogP) is 5.62. The fraction of sp³-hybridized carbons (Fsp3) is 0.609. The molecule has 0 unspecified atom stereocenters. The van der Waals surface area contributed by atoms with Crippen molar-refractivity contribution in [2.45, 2.75) is 57.9 Å². The van der Waals surface area contributed by atoms with Gasteiger partial charge in [-0.1, -0.05) is 37.8 Å². The maximum absolute atomic E-state index is 14.9. The van der Waals surface area contributed by atoms with Crippen LogP contribution in [0.3, 0.4) is 0 Å². The minimum Gasteiger partial charge on any atom is -0.318 e. The van der Waals surface area contributed by atoms with Gasteiger partial charge in [0.15, 0.2) is 0 Å². The third kappa shape index (κ3) is 5.40. The van der Waals surface area contributed by atoms with E-state index in [1.54, 1.807) is 12.3 Å². The Bertz CT molecular complexity index is 833. The number of rotatable bonds is 11. The summed E-state index contributed by atoms with van der Waals surface area (Å²) in [5.74, 6) is -2.26. The van der Waals surface area contributed by atoms with Crippen LogP contribution < -0.4 is 5.32 Å². The van der Waals surface area contributed by atoms with Gasteiger partial charge in [-0.2, -0.15) is 5.10 Å². The molecule has 0 bridgehead atoms. The first-order chi connectivity index (χ1) is 14.4. The molecular formula is C23H33ClF2N4. The molecule has 3 rings (SSSR count). The van der Waals surface area contributed by atoms with Crippen molar-refractivity contribution in [2.24, 2.45) is 5.92 Å². The predicted molar refractivity (Wildman–Crippen MR) is 119 cm³/mol. The molecule has 1 heterocycles. The number of nitrogens with zero attached hydrogens (tertiary/aromatic N) is 2. The highest BCUT2D eigenvalue weighted by Crippen LogP contribution is 2.41. The van der Waals surface area contributed by atoms with E-state index in [1.165, 1.54) is 26.2 Å². The maximum atomic E-state index is 14.9. The molecule has 2 aromatic rings. The van der Waals surface area contributed by atoms with Crippen LogP contribution in [-0.2, 0) is 18.9 Å². The Hall–Kier alpha value is -1.50. The van der Waals surface area contributed by atoms with Gasteiger partial charge in [0.2, 0.25) is 0 Å². The van der Waals surface area contributed by atoms with Gasteiger partial charge in [0.05, 0.1) is 11.9 Å². The monoisotopic (exact) mass is 438 g/mol. The van der Waals surface area contributed by atoms with E-state index in [-0.39, 0.29) is 12.0 Å². The zero-order valence-corrected chi connectivity index (χ0v) is 19.0. The molecule has 1 aliphatic carbocycles. The van der Waals surface area contributed by atoms with Gasteiger partial charge in [0.25, 0.3) is 5.92 Å². The van der Waals surface area contributed by atoms with Crippen LogP contribution in [0.15, 0.2) is 18.3 Å². The molecule has 1 aromatic carbocycles. The van der Waals surface area contributed by atoms with Crippen LogP contribution in [0.1, 0.15) is 55.7 Å². The largest absolute Gasteiger partial charge is 0.318 e. The molecule has 0 saturated heterocycles. The molecule has 1 fully saturated rings. The van der Waals surface area contributed by atoms with Crippen LogP contribution in [0.4, 0.5) is 8.78 Å². The van der Waals surface area contributed by atoms with Crippen molar-refractivity contribution in [3.05, 3.63) is 40.0 Å². The van der Waals surface area contributed by atoms with Crippen molar-refractivity contribution >= 4 is 11.6 Å². The van der Waals surface area contributed by atoms with Crippen LogP contribution >= 0.6 is 11.6 Å². The summed E-state index contributed by atoms with van der Waals surface area (Å²) < 4.78 is 29.8. The second-order valence-corrected chi connectivity index (χ2v) is 8.90. The summed E-state index contributed by atoms with van der Waals surface area (Å²) in [6, 6.07) is 3.44. The number of aromatic nitrogens is 2. The van der Waals surface area contributed by atoms with Gasteiger partial charge in [-0.15, -0.1) is 0 Å². The van der Waals surface area contributed by atoms with Crippen molar-refractivity contribution in [2.75, 3.05) is 27.2 Å². The third-order valence-corrected chi connectivity index (χ3v) is 6.59. The molecular weight excluding hydrogens is 406 g/mol. The number of aromatic amines is 1. The summed E-state index contributed by atoms with van der Waals surface area (Å²) in [5.41, 5.74) is 3.07. The molecule has 1 aliphatic rings. The molecule has 2 N–H and O–H groups in total. The topological polar surface area (TPSA) is 44.0 Å². The highest BCUT2D eigenvalue weighted by molar-refractivity contribution is 6.31. The lowest BCUT2D eigenvalue weighted by molar-refractivity contribution is -0.00919. The Balaban J connectivity index is 1.92. The summed E-state index contributed by atoms with van der Waals surface area (Å²) in [6.45, 7) is 3.95. The lowest BCUT2D eigenvalue weighted by Crippen LogP contribution is -2.27. The van der Waals surface area contributed by atoms with Crippen LogP contribution in [0.5, 0.6) is 0 Å². The molecule has 0 atom stereocenters. The number of benzene rings is 1. The Kier molecular flexibility index (Phi) is 7.88. The normalized spacial score (nSPS) is 15.0. The number of halogens is 3. The molecule has 30 heavy (non-hydrogen) atoms. The van der Waals surface area contributed by atoms with Gasteiger partial charge in [-0.3, -0.25) is 5.10 Å². The standard InChI is InChI=1S/C23H33ClF2N4/c1-4-23(25,26)20-12-17(13-21(24)19(20)9-8-16-6-5-7-16)22-18(14-28-29-22)15-30(3)11-10-27-2/h12-14,16,27H,4-11,15H2,1-3H3,(H,28,29). The zero-order chi connectivity index (χ0) is 21.7. The summed E-state index contributed by atoms with van der Waals surface area (Å²) in [6.07, 6.45) is 6.71. The van der Waals surface area contributed by atoms with Crippen LogP contribution in [0.25, 0.3) is 11.3 Å². The van der Waals surface area contributed by atoms with E-state index in [0.717, 1.165) is 30.8 Å². The highest BCUT2D eigenvalue weighted by Gasteiger charge is 2.34. The number of nitrogens with one attached hydrogen (secondary N) is 2. The van der Waals surface area contributed by atoms with Crippen molar-refractivity contribution in [1.29, 1.82) is 0 Å². The van der Waals surface area contributed by atoms with E-state index in [9.17, 15) is 8.78 Å². The summed E-state index contributed by atoms with van der Waals surface area (Å²) in [4.78, 5) is 2.17. The summed E-state index contributed by atoms with van der Waals surface area (Å²) >= 11 is 6.60. The quantitative estimate of drug-likeness (QED) is 0.478. The van der Waals surface area contributed by atoms with E-state index in [4.69, 9.17) is 11.6 Å². The van der Waals surface area contributed by atoms with Gasteiger partial charge < -0.3 is 10.2 Å². The molecule has 166 valence electrons. The van der Waals surface area contributed by atoms with E-state index in [0.29, 0.717) is 35.0 Å². The molecule has 1 saturated carbocycles. The van der Waals surface area contributed by atoms with Gasteiger partial charge >= 0.3 is 0 Å². The van der Waals surface area contributed by atoms with Gasteiger partial charge in [0.1, 0.15) is 0 Å². The van der Waals surface area contributed by atoms with Crippen molar-refractivity contribution < 1.29 is 8.78 Å². The van der Waals surface area contributed by atoms with Crippen molar-refractivity contribution in [3.8, 4) is 11.3 Å². The van der Waals surface area contributed by atoms with Gasteiger partial charge in [-0.05, 0) is 50.6 Å². The molecule has 0 spiro atoms. The minimum absolute atomic E-state index is 0.0657. The van der Waals surface area contributed by atoms with Crippen LogP contribution in [0, 0.1) is 5.92 Å². The first kappa shape index (κ1) is 23.2. The second kappa shape index (κ2) is 10.2. The van der Waals surface area contributed by atoms with Gasteiger partial charge in [-0.25, -0.2) is 8.78 Å². The number of H-pyrrole nitrogens is 1. The van der Waals surface area contributed by atoms with E-state index in [2.05, 4.69) is 20.4 Å². The van der Waals surface area contributed by atoms with Crippen molar-refractivity contribution in [3.63, 3.8) is 0 Å². The number of hydrogen-bond donors (Lipinski definition) is 2. The number of alkyl halides is 2. The van der Waals surface area contributed by atoms with E-state index < -0.39 is 5.92 Å². The number of likely N-dealkylation sites (N-methyl/N-ethyl adjacent to an activating group) is 2. The lowest BCUT2D eigenvalue weighted by Gasteiger charge is -2.27. The SMILES string of the molecule is CCC(F)(F)c1cc(-c2[nH]ncc2CN(C)CCNC)cc(Cl)c1CCC1CCC1. The Morgan fingerprint density at radius 3 is 2.73 bits per heavy atom. The summed E-state index contributed by atoms with van der Waals surface area (Å²) in [7, 11) is 3.95. The highest BCUT2D eigenvalue weighted by atomic mass is 35.5. The Morgan fingerprint density at radius 2 is 2.10 bits per heavy atom.